The van der Waals surface area contributed by atoms with Crippen molar-refractivity contribution in [3.63, 3.8) is 0 Å². The van der Waals surface area contributed by atoms with E-state index in [4.69, 9.17) is 10.5 Å². The molecule has 0 aliphatic heterocycles. The van der Waals surface area contributed by atoms with E-state index in [0.29, 0.717) is 12.6 Å². The molecule has 1 saturated carbocycles. The van der Waals surface area contributed by atoms with Gasteiger partial charge in [-0.15, -0.1) is 0 Å². The summed E-state index contributed by atoms with van der Waals surface area (Å²) in [5.74, 6) is 0.930. The van der Waals surface area contributed by atoms with Crippen molar-refractivity contribution in [1.29, 1.82) is 0 Å². The van der Waals surface area contributed by atoms with Gasteiger partial charge >= 0.3 is 0 Å². The van der Waals surface area contributed by atoms with Crippen LogP contribution in [0.5, 0.6) is 5.75 Å². The molecule has 1 aliphatic rings. The number of nitrogens with one attached hydrogen (secondary N) is 1. The monoisotopic (exact) mass is 262 g/mol. The Balaban J connectivity index is 2.04. The second-order valence-electron chi connectivity index (χ2n) is 5.68. The molecule has 3 heteroatoms. The second kappa shape index (κ2) is 6.92. The van der Waals surface area contributed by atoms with Crippen molar-refractivity contribution in [2.75, 3.05) is 6.54 Å². The van der Waals surface area contributed by atoms with Crippen molar-refractivity contribution >= 4 is 0 Å². The highest BCUT2D eigenvalue weighted by atomic mass is 16.5. The highest BCUT2D eigenvalue weighted by Gasteiger charge is 2.19. The largest absolute Gasteiger partial charge is 0.491 e. The van der Waals surface area contributed by atoms with E-state index in [1.165, 1.54) is 31.2 Å². The third kappa shape index (κ3) is 4.22. The van der Waals surface area contributed by atoms with Crippen molar-refractivity contribution in [1.82, 2.24) is 5.32 Å². The van der Waals surface area contributed by atoms with Gasteiger partial charge in [0.2, 0.25) is 0 Å². The maximum absolute atomic E-state index is 5.93. The lowest BCUT2D eigenvalue weighted by molar-refractivity contribution is 0.242. The Morgan fingerprint density at radius 2 is 2.05 bits per heavy atom. The number of rotatable bonds is 6. The van der Waals surface area contributed by atoms with Crippen LogP contribution in [-0.2, 0) is 0 Å². The summed E-state index contributed by atoms with van der Waals surface area (Å²) in [6, 6.07) is 9.16. The quantitative estimate of drug-likeness (QED) is 0.828. The lowest BCUT2D eigenvalue weighted by atomic mass is 10.0. The van der Waals surface area contributed by atoms with Crippen molar-refractivity contribution in [3.8, 4) is 5.75 Å². The van der Waals surface area contributed by atoms with Gasteiger partial charge in [-0.1, -0.05) is 25.0 Å². The topological polar surface area (TPSA) is 47.3 Å². The maximum atomic E-state index is 5.93. The number of nitrogens with two attached hydrogens (primary N) is 1. The number of benzene rings is 1. The summed E-state index contributed by atoms with van der Waals surface area (Å²) in [7, 11) is 0. The first-order valence-corrected chi connectivity index (χ1v) is 7.41. The summed E-state index contributed by atoms with van der Waals surface area (Å²) >= 11 is 0. The summed E-state index contributed by atoms with van der Waals surface area (Å²) in [4.78, 5) is 0. The lowest BCUT2D eigenvalue weighted by Crippen LogP contribution is -2.35. The van der Waals surface area contributed by atoms with Crippen molar-refractivity contribution in [2.24, 2.45) is 5.73 Å². The molecular formula is C16H26N2O. The molecule has 19 heavy (non-hydrogen) atoms. The summed E-state index contributed by atoms with van der Waals surface area (Å²) < 4.78 is 5.75. The molecule has 1 aromatic carbocycles. The minimum Gasteiger partial charge on any atom is -0.491 e. The Kier molecular flexibility index (Phi) is 5.23. The zero-order valence-corrected chi connectivity index (χ0v) is 12.1. The third-order valence-corrected chi connectivity index (χ3v) is 3.66. The first-order valence-electron chi connectivity index (χ1n) is 7.41. The Morgan fingerprint density at radius 3 is 2.68 bits per heavy atom. The van der Waals surface area contributed by atoms with Gasteiger partial charge in [0.15, 0.2) is 0 Å². The Hall–Kier alpha value is -1.06. The maximum Gasteiger partial charge on any atom is 0.120 e. The highest BCUT2D eigenvalue weighted by Crippen LogP contribution is 2.24. The van der Waals surface area contributed by atoms with Gasteiger partial charge in [-0.2, -0.15) is 0 Å². The van der Waals surface area contributed by atoms with E-state index in [2.05, 4.69) is 17.4 Å². The zero-order valence-electron chi connectivity index (χ0n) is 12.1. The normalized spacial score (nSPS) is 17.9. The van der Waals surface area contributed by atoms with Gasteiger partial charge in [-0.25, -0.2) is 0 Å². The van der Waals surface area contributed by atoms with Gasteiger partial charge < -0.3 is 15.8 Å². The molecule has 0 amide bonds. The molecule has 3 N–H and O–H groups in total. The van der Waals surface area contributed by atoms with Gasteiger partial charge in [0, 0.05) is 18.6 Å². The number of ether oxygens (including phenoxy) is 1. The van der Waals surface area contributed by atoms with Crippen molar-refractivity contribution in [2.45, 2.75) is 57.7 Å². The van der Waals surface area contributed by atoms with Crippen LogP contribution in [0.4, 0.5) is 0 Å². The van der Waals surface area contributed by atoms with Gasteiger partial charge in [-0.05, 0) is 44.4 Å². The summed E-state index contributed by atoms with van der Waals surface area (Å²) in [5, 5.41) is 3.68. The van der Waals surface area contributed by atoms with Crippen LogP contribution in [0.25, 0.3) is 0 Å². The van der Waals surface area contributed by atoms with Gasteiger partial charge in [0.05, 0.1) is 6.10 Å². The van der Waals surface area contributed by atoms with E-state index in [0.717, 1.165) is 5.75 Å². The molecule has 3 nitrogen and oxygen atoms in total. The lowest BCUT2D eigenvalue weighted by Gasteiger charge is -2.22. The minimum absolute atomic E-state index is 0.203. The van der Waals surface area contributed by atoms with E-state index in [1.54, 1.807) is 0 Å². The molecule has 0 radical (unpaired) electrons. The molecule has 1 aliphatic carbocycles. The van der Waals surface area contributed by atoms with E-state index < -0.39 is 0 Å². The summed E-state index contributed by atoms with van der Waals surface area (Å²) in [5.41, 5.74) is 7.16. The Bertz CT molecular complexity index is 386. The third-order valence-electron chi connectivity index (χ3n) is 3.66. The minimum atomic E-state index is 0.203. The zero-order chi connectivity index (χ0) is 13.7. The smallest absolute Gasteiger partial charge is 0.120 e. The van der Waals surface area contributed by atoms with Gasteiger partial charge in [-0.3, -0.25) is 0 Å². The molecule has 0 aromatic heterocycles. The van der Waals surface area contributed by atoms with Crippen LogP contribution in [0.1, 0.15) is 51.1 Å². The highest BCUT2D eigenvalue weighted by molar-refractivity contribution is 5.31. The fraction of sp³-hybridized carbons (Fsp3) is 0.625. The van der Waals surface area contributed by atoms with Gasteiger partial charge in [0.1, 0.15) is 5.75 Å². The Labute approximate surface area is 116 Å². The molecule has 0 heterocycles. The standard InChI is InChI=1S/C16H26N2O/c1-12(2)19-15-9-5-6-13(10-15)16(11-17)18-14-7-3-4-8-14/h5-6,9-10,12,14,16,18H,3-4,7-8,11,17H2,1-2H3. The average molecular weight is 262 g/mol. The van der Waals surface area contributed by atoms with Crippen LogP contribution < -0.4 is 15.8 Å². The molecule has 0 spiro atoms. The molecule has 2 rings (SSSR count). The van der Waals surface area contributed by atoms with Crippen LogP contribution in [0.15, 0.2) is 24.3 Å². The second-order valence-corrected chi connectivity index (χ2v) is 5.68. The first-order chi connectivity index (χ1) is 9.19. The van der Waals surface area contributed by atoms with Crippen LogP contribution in [0.2, 0.25) is 0 Å². The van der Waals surface area contributed by atoms with E-state index >= 15 is 0 Å². The summed E-state index contributed by atoms with van der Waals surface area (Å²) in [6.07, 6.45) is 5.43. The van der Waals surface area contributed by atoms with Crippen LogP contribution in [-0.4, -0.2) is 18.7 Å². The summed E-state index contributed by atoms with van der Waals surface area (Å²) in [6.45, 7) is 4.72. The molecule has 1 atom stereocenters. The molecular weight excluding hydrogens is 236 g/mol. The SMILES string of the molecule is CC(C)Oc1cccc(C(CN)NC2CCCC2)c1. The molecule has 106 valence electrons. The molecule has 0 bridgehead atoms. The fourth-order valence-corrected chi connectivity index (χ4v) is 2.75. The molecule has 0 saturated heterocycles. The number of hydrogen-bond acceptors (Lipinski definition) is 3. The first kappa shape index (κ1) is 14.4. The van der Waals surface area contributed by atoms with Gasteiger partial charge in [0.25, 0.3) is 0 Å². The van der Waals surface area contributed by atoms with E-state index in [-0.39, 0.29) is 12.1 Å². The average Bonchev–Trinajstić information content (AvgIpc) is 2.88. The van der Waals surface area contributed by atoms with Crippen LogP contribution >= 0.6 is 0 Å². The predicted molar refractivity (Wildman–Crippen MR) is 79.4 cm³/mol. The van der Waals surface area contributed by atoms with E-state index in [9.17, 15) is 0 Å². The fourth-order valence-electron chi connectivity index (χ4n) is 2.75. The molecule has 1 aromatic rings. The van der Waals surface area contributed by atoms with Crippen LogP contribution in [0, 0.1) is 0 Å². The Morgan fingerprint density at radius 1 is 1.32 bits per heavy atom. The molecule has 1 fully saturated rings. The van der Waals surface area contributed by atoms with Crippen molar-refractivity contribution < 1.29 is 4.74 Å². The van der Waals surface area contributed by atoms with Crippen molar-refractivity contribution in [3.05, 3.63) is 29.8 Å². The van der Waals surface area contributed by atoms with E-state index in [1.807, 2.05) is 26.0 Å². The predicted octanol–water partition coefficient (Wildman–Crippen LogP) is 3.01. The molecule has 1 unspecified atom stereocenters. The van der Waals surface area contributed by atoms with Crippen LogP contribution in [0.3, 0.4) is 0 Å². The number of hydrogen-bond donors (Lipinski definition) is 2.